The van der Waals surface area contributed by atoms with Crippen LogP contribution < -0.4 is 0 Å². The summed E-state index contributed by atoms with van der Waals surface area (Å²) in [6.45, 7) is 7.96. The highest BCUT2D eigenvalue weighted by Gasteiger charge is 2.37. The van der Waals surface area contributed by atoms with Crippen molar-refractivity contribution in [3.8, 4) is 0 Å². The van der Waals surface area contributed by atoms with Gasteiger partial charge in [0, 0.05) is 13.7 Å². The average Bonchev–Trinajstić information content (AvgIpc) is 2.69. The second-order valence-corrected chi connectivity index (χ2v) is 6.18. The highest BCUT2D eigenvalue weighted by molar-refractivity contribution is 4.85. The molecule has 4 nitrogen and oxygen atoms in total. The zero-order valence-electron chi connectivity index (χ0n) is 12.1. The first kappa shape index (κ1) is 15.9. The molecule has 1 N–H and O–H groups in total. The lowest BCUT2D eigenvalue weighted by Gasteiger charge is -2.22. The summed E-state index contributed by atoms with van der Waals surface area (Å²) in [6, 6.07) is 0. The van der Waals surface area contributed by atoms with E-state index >= 15 is 0 Å². The van der Waals surface area contributed by atoms with Crippen molar-refractivity contribution in [2.24, 2.45) is 5.41 Å². The van der Waals surface area contributed by atoms with Gasteiger partial charge < -0.3 is 19.3 Å². The quantitative estimate of drug-likeness (QED) is 0.711. The van der Waals surface area contributed by atoms with Gasteiger partial charge in [0.15, 0.2) is 0 Å². The number of aliphatic hydroxyl groups excluding tert-OH is 1. The monoisotopic (exact) mass is 260 g/mol. The van der Waals surface area contributed by atoms with Crippen LogP contribution in [-0.4, -0.2) is 50.3 Å². The number of ether oxygens (including phenoxy) is 3. The molecule has 3 unspecified atom stereocenters. The van der Waals surface area contributed by atoms with Gasteiger partial charge in [-0.3, -0.25) is 0 Å². The van der Waals surface area contributed by atoms with Crippen molar-refractivity contribution in [2.75, 3.05) is 26.9 Å². The normalized spacial score (nSPS) is 28.8. The third-order valence-electron chi connectivity index (χ3n) is 3.32. The zero-order valence-corrected chi connectivity index (χ0v) is 12.1. The number of hydrogen-bond acceptors (Lipinski definition) is 4. The Labute approximate surface area is 111 Å². The molecule has 1 fully saturated rings. The van der Waals surface area contributed by atoms with E-state index < -0.39 is 0 Å². The van der Waals surface area contributed by atoms with E-state index in [1.54, 1.807) is 7.11 Å². The molecule has 1 heterocycles. The fourth-order valence-corrected chi connectivity index (χ4v) is 2.20. The molecule has 18 heavy (non-hydrogen) atoms. The van der Waals surface area contributed by atoms with E-state index in [4.69, 9.17) is 14.2 Å². The zero-order chi connectivity index (χ0) is 13.6. The largest absolute Gasteiger partial charge is 0.394 e. The van der Waals surface area contributed by atoms with Gasteiger partial charge in [-0.05, 0) is 18.3 Å². The summed E-state index contributed by atoms with van der Waals surface area (Å²) in [5.41, 5.74) is 0.388. The summed E-state index contributed by atoms with van der Waals surface area (Å²) in [6.07, 6.45) is 2.99. The Bertz CT molecular complexity index is 212. The van der Waals surface area contributed by atoms with E-state index in [2.05, 4.69) is 20.8 Å². The lowest BCUT2D eigenvalue weighted by Crippen LogP contribution is -2.36. The van der Waals surface area contributed by atoms with Crippen molar-refractivity contribution in [3.63, 3.8) is 0 Å². The Morgan fingerprint density at radius 2 is 2.00 bits per heavy atom. The van der Waals surface area contributed by atoms with Gasteiger partial charge in [0.1, 0.15) is 18.3 Å². The molecule has 1 aliphatic heterocycles. The summed E-state index contributed by atoms with van der Waals surface area (Å²) in [7, 11) is 1.66. The van der Waals surface area contributed by atoms with E-state index in [9.17, 15) is 5.11 Å². The summed E-state index contributed by atoms with van der Waals surface area (Å²) < 4.78 is 16.6. The van der Waals surface area contributed by atoms with E-state index in [0.717, 1.165) is 6.42 Å². The molecule has 0 aliphatic carbocycles. The van der Waals surface area contributed by atoms with Crippen molar-refractivity contribution in [1.82, 2.24) is 0 Å². The minimum absolute atomic E-state index is 0.00742. The van der Waals surface area contributed by atoms with Gasteiger partial charge >= 0.3 is 0 Å². The highest BCUT2D eigenvalue weighted by atomic mass is 16.6. The Hall–Kier alpha value is -0.160. The predicted octanol–water partition coefficient (Wildman–Crippen LogP) is 1.99. The van der Waals surface area contributed by atoms with Gasteiger partial charge in [-0.25, -0.2) is 0 Å². The van der Waals surface area contributed by atoms with Crippen LogP contribution in [0.5, 0.6) is 0 Å². The van der Waals surface area contributed by atoms with Gasteiger partial charge in [-0.1, -0.05) is 27.2 Å². The van der Waals surface area contributed by atoms with E-state index in [0.29, 0.717) is 18.6 Å². The maximum Gasteiger partial charge on any atom is 0.114 e. The van der Waals surface area contributed by atoms with Crippen LogP contribution >= 0.6 is 0 Å². The van der Waals surface area contributed by atoms with Gasteiger partial charge in [0.25, 0.3) is 0 Å². The molecular weight excluding hydrogens is 232 g/mol. The maximum absolute atomic E-state index is 9.20. The molecule has 0 amide bonds. The van der Waals surface area contributed by atoms with Gasteiger partial charge in [0.05, 0.1) is 13.2 Å². The second-order valence-electron chi connectivity index (χ2n) is 6.18. The molecule has 0 saturated carbocycles. The predicted molar refractivity (Wildman–Crippen MR) is 70.7 cm³/mol. The number of unbranched alkanes of at least 4 members (excludes halogenated alkanes) is 1. The number of hydrogen-bond donors (Lipinski definition) is 1. The molecule has 4 heteroatoms. The van der Waals surface area contributed by atoms with Crippen molar-refractivity contribution in [1.29, 1.82) is 0 Å². The van der Waals surface area contributed by atoms with Crippen LogP contribution in [0.3, 0.4) is 0 Å². The number of rotatable bonds is 7. The Morgan fingerprint density at radius 1 is 1.28 bits per heavy atom. The average molecular weight is 260 g/mol. The SMILES string of the molecule is COC1COC(CO)C1OCCCCC(C)(C)C. The summed E-state index contributed by atoms with van der Waals surface area (Å²) >= 11 is 0. The molecule has 1 rings (SSSR count). The van der Waals surface area contributed by atoms with Crippen LogP contribution in [0.1, 0.15) is 40.0 Å². The first-order valence-electron chi connectivity index (χ1n) is 6.85. The van der Waals surface area contributed by atoms with Crippen molar-refractivity contribution >= 4 is 0 Å². The molecule has 108 valence electrons. The van der Waals surface area contributed by atoms with Gasteiger partial charge in [-0.15, -0.1) is 0 Å². The minimum Gasteiger partial charge on any atom is -0.394 e. The first-order valence-corrected chi connectivity index (χ1v) is 6.85. The van der Waals surface area contributed by atoms with Crippen molar-refractivity contribution < 1.29 is 19.3 Å². The minimum atomic E-state index is -0.238. The smallest absolute Gasteiger partial charge is 0.114 e. The molecule has 1 aliphatic rings. The fraction of sp³-hybridized carbons (Fsp3) is 1.00. The molecule has 0 spiro atoms. The van der Waals surface area contributed by atoms with Gasteiger partial charge in [0.2, 0.25) is 0 Å². The highest BCUT2D eigenvalue weighted by Crippen LogP contribution is 2.23. The molecule has 1 saturated heterocycles. The number of methoxy groups -OCH3 is 1. The fourth-order valence-electron chi connectivity index (χ4n) is 2.20. The number of aliphatic hydroxyl groups is 1. The molecule has 0 aromatic carbocycles. The Balaban J connectivity index is 2.20. The molecule has 0 radical (unpaired) electrons. The van der Waals surface area contributed by atoms with E-state index in [1.165, 1.54) is 12.8 Å². The van der Waals surface area contributed by atoms with Crippen LogP contribution in [0.25, 0.3) is 0 Å². The topological polar surface area (TPSA) is 47.9 Å². The Kier molecular flexibility index (Phi) is 6.57. The molecule has 0 bridgehead atoms. The van der Waals surface area contributed by atoms with Crippen molar-refractivity contribution in [2.45, 2.75) is 58.3 Å². The second kappa shape index (κ2) is 7.43. The van der Waals surface area contributed by atoms with Crippen LogP contribution in [0.4, 0.5) is 0 Å². The standard InChI is InChI=1S/C14H28O4/c1-14(2,3)7-5-6-8-17-13-11(9-15)18-10-12(13)16-4/h11-13,15H,5-10H2,1-4H3. The third-order valence-corrected chi connectivity index (χ3v) is 3.32. The van der Waals surface area contributed by atoms with E-state index in [-0.39, 0.29) is 24.9 Å². The first-order chi connectivity index (χ1) is 8.48. The Morgan fingerprint density at radius 3 is 2.56 bits per heavy atom. The lowest BCUT2D eigenvalue weighted by atomic mass is 9.90. The summed E-state index contributed by atoms with van der Waals surface area (Å²) in [5.74, 6) is 0. The van der Waals surface area contributed by atoms with Gasteiger partial charge in [-0.2, -0.15) is 0 Å². The van der Waals surface area contributed by atoms with Crippen molar-refractivity contribution in [3.05, 3.63) is 0 Å². The lowest BCUT2D eigenvalue weighted by molar-refractivity contribution is -0.0621. The van der Waals surface area contributed by atoms with Crippen LogP contribution in [0.15, 0.2) is 0 Å². The molecular formula is C14H28O4. The summed E-state index contributed by atoms with van der Waals surface area (Å²) in [4.78, 5) is 0. The van der Waals surface area contributed by atoms with Crippen LogP contribution in [0.2, 0.25) is 0 Å². The molecule has 0 aromatic rings. The van der Waals surface area contributed by atoms with E-state index in [1.807, 2.05) is 0 Å². The maximum atomic E-state index is 9.20. The third kappa shape index (κ3) is 5.22. The van der Waals surface area contributed by atoms with Crippen LogP contribution in [0, 0.1) is 5.41 Å². The summed E-state index contributed by atoms with van der Waals surface area (Å²) in [5, 5.41) is 9.20. The van der Waals surface area contributed by atoms with Crippen LogP contribution in [-0.2, 0) is 14.2 Å². The molecule has 3 atom stereocenters. The molecule has 0 aromatic heterocycles.